The number of hydrogen-bond acceptors (Lipinski definition) is 5. The Morgan fingerprint density at radius 2 is 1.90 bits per heavy atom. The van der Waals surface area contributed by atoms with Gasteiger partial charge in [0.05, 0.1) is 6.54 Å². The molecule has 2 amide bonds. The second-order valence-corrected chi connectivity index (χ2v) is 8.43. The summed E-state index contributed by atoms with van der Waals surface area (Å²) >= 11 is 0. The van der Waals surface area contributed by atoms with Crippen molar-refractivity contribution in [1.29, 1.82) is 0 Å². The summed E-state index contributed by atoms with van der Waals surface area (Å²) in [6.07, 6.45) is 2.26. The first-order valence-electron chi connectivity index (χ1n) is 10.8. The van der Waals surface area contributed by atoms with E-state index in [1.807, 2.05) is 28.0 Å². The van der Waals surface area contributed by atoms with E-state index in [1.165, 1.54) is 5.56 Å². The largest absolute Gasteiger partial charge is 0.350 e. The molecule has 3 heterocycles. The highest BCUT2D eigenvalue weighted by atomic mass is 16.2. The molecule has 1 saturated heterocycles. The number of piperazine rings is 1. The smallest absolute Gasteiger partial charge is 0.270 e. The number of carbonyl (C=O) groups excluding carboxylic acids is 2. The van der Waals surface area contributed by atoms with Gasteiger partial charge in [0.1, 0.15) is 17.3 Å². The second kappa shape index (κ2) is 8.81. The molecule has 2 aliphatic heterocycles. The van der Waals surface area contributed by atoms with E-state index in [0.717, 1.165) is 24.3 Å². The summed E-state index contributed by atoms with van der Waals surface area (Å²) in [6, 6.07) is 10.2. The first-order valence-corrected chi connectivity index (χ1v) is 10.8. The minimum atomic E-state index is -0.141. The third kappa shape index (κ3) is 4.45. The normalized spacial score (nSPS) is 16.6. The molecule has 30 heavy (non-hydrogen) atoms. The molecule has 1 aromatic carbocycles. The number of nitrogens with one attached hydrogen (secondary N) is 1. The van der Waals surface area contributed by atoms with Crippen LogP contribution in [0.2, 0.25) is 0 Å². The van der Waals surface area contributed by atoms with Crippen LogP contribution in [0.25, 0.3) is 0 Å². The maximum atomic E-state index is 12.9. The Morgan fingerprint density at radius 3 is 2.63 bits per heavy atom. The van der Waals surface area contributed by atoms with Crippen molar-refractivity contribution in [3.63, 3.8) is 0 Å². The number of anilines is 1. The Balaban J connectivity index is 1.51. The molecule has 0 unspecified atom stereocenters. The highest BCUT2D eigenvalue weighted by Crippen LogP contribution is 2.26. The molecule has 1 fully saturated rings. The molecule has 158 valence electrons. The summed E-state index contributed by atoms with van der Waals surface area (Å²) in [5.41, 5.74) is 2.58. The SMILES string of the molecule is CC(C)Cc1nc2c(c(N3CCN(CCc4ccccc4)C(=O)C3)n1)CCNC2=O. The zero-order chi connectivity index (χ0) is 21.1. The van der Waals surface area contributed by atoms with Crippen molar-refractivity contribution < 1.29 is 9.59 Å². The Morgan fingerprint density at radius 1 is 1.10 bits per heavy atom. The number of rotatable bonds is 6. The van der Waals surface area contributed by atoms with E-state index in [1.54, 1.807) is 0 Å². The van der Waals surface area contributed by atoms with E-state index in [4.69, 9.17) is 4.98 Å². The molecule has 0 atom stereocenters. The van der Waals surface area contributed by atoms with E-state index in [9.17, 15) is 9.59 Å². The van der Waals surface area contributed by atoms with E-state index >= 15 is 0 Å². The molecule has 4 rings (SSSR count). The van der Waals surface area contributed by atoms with Gasteiger partial charge in [-0.3, -0.25) is 9.59 Å². The van der Waals surface area contributed by atoms with Gasteiger partial charge in [0, 0.05) is 38.2 Å². The lowest BCUT2D eigenvalue weighted by Gasteiger charge is -2.36. The Labute approximate surface area is 177 Å². The monoisotopic (exact) mass is 407 g/mol. The van der Waals surface area contributed by atoms with Crippen molar-refractivity contribution in [1.82, 2.24) is 20.2 Å². The summed E-state index contributed by atoms with van der Waals surface area (Å²) in [5, 5.41) is 2.87. The fraction of sp³-hybridized carbons (Fsp3) is 0.478. The van der Waals surface area contributed by atoms with Gasteiger partial charge in [0.2, 0.25) is 5.91 Å². The summed E-state index contributed by atoms with van der Waals surface area (Å²) in [5.74, 6) is 1.79. The number of carbonyl (C=O) groups is 2. The molecule has 0 spiro atoms. The number of nitrogens with zero attached hydrogens (tertiary/aromatic N) is 4. The molecule has 0 aliphatic carbocycles. The molecule has 1 aromatic heterocycles. The third-order valence-electron chi connectivity index (χ3n) is 5.63. The van der Waals surface area contributed by atoms with Gasteiger partial charge in [0.25, 0.3) is 5.91 Å². The number of amides is 2. The van der Waals surface area contributed by atoms with Crippen LogP contribution in [0.5, 0.6) is 0 Å². The van der Waals surface area contributed by atoms with Crippen LogP contribution in [0, 0.1) is 5.92 Å². The molecular formula is C23H29N5O2. The Hall–Kier alpha value is -2.96. The van der Waals surface area contributed by atoms with Crippen LogP contribution in [0.1, 0.15) is 41.3 Å². The van der Waals surface area contributed by atoms with Crippen molar-refractivity contribution in [3.05, 3.63) is 53.0 Å². The van der Waals surface area contributed by atoms with Gasteiger partial charge in [0.15, 0.2) is 0 Å². The highest BCUT2D eigenvalue weighted by Gasteiger charge is 2.30. The topological polar surface area (TPSA) is 78.4 Å². The van der Waals surface area contributed by atoms with E-state index < -0.39 is 0 Å². The average Bonchev–Trinajstić information content (AvgIpc) is 2.73. The zero-order valence-corrected chi connectivity index (χ0v) is 17.7. The van der Waals surface area contributed by atoms with Crippen molar-refractivity contribution >= 4 is 17.6 Å². The summed E-state index contributed by atoms with van der Waals surface area (Å²) in [4.78, 5) is 38.6. The standard InChI is InChI=1S/C23H29N5O2/c1-16(2)14-19-25-21-18(8-10-24-23(21)30)22(26-19)28-13-12-27(20(29)15-28)11-9-17-6-4-3-5-7-17/h3-7,16H,8-15H2,1-2H3,(H,24,30). The fourth-order valence-electron chi connectivity index (χ4n) is 4.07. The van der Waals surface area contributed by atoms with Gasteiger partial charge in [-0.05, 0) is 24.3 Å². The molecule has 0 radical (unpaired) electrons. The lowest BCUT2D eigenvalue weighted by Crippen LogP contribution is -2.51. The number of fused-ring (bicyclic) bond motifs is 1. The fourth-order valence-corrected chi connectivity index (χ4v) is 4.07. The first-order chi connectivity index (χ1) is 14.5. The Kier molecular flexibility index (Phi) is 5.97. The minimum absolute atomic E-state index is 0.107. The van der Waals surface area contributed by atoms with Crippen LogP contribution in [-0.4, -0.2) is 59.4 Å². The molecular weight excluding hydrogens is 378 g/mol. The number of aromatic nitrogens is 2. The number of benzene rings is 1. The van der Waals surface area contributed by atoms with Crippen LogP contribution in [0.3, 0.4) is 0 Å². The van der Waals surface area contributed by atoms with Gasteiger partial charge in [-0.25, -0.2) is 9.97 Å². The van der Waals surface area contributed by atoms with E-state index in [0.29, 0.717) is 56.5 Å². The zero-order valence-electron chi connectivity index (χ0n) is 17.7. The van der Waals surface area contributed by atoms with Crippen molar-refractivity contribution in [3.8, 4) is 0 Å². The van der Waals surface area contributed by atoms with Crippen LogP contribution in [0.4, 0.5) is 5.82 Å². The quantitative estimate of drug-likeness (QED) is 0.791. The van der Waals surface area contributed by atoms with E-state index in [-0.39, 0.29) is 11.8 Å². The van der Waals surface area contributed by atoms with Crippen LogP contribution >= 0.6 is 0 Å². The molecule has 7 heteroatoms. The molecule has 0 saturated carbocycles. The van der Waals surface area contributed by atoms with Crippen molar-refractivity contribution in [2.24, 2.45) is 5.92 Å². The lowest BCUT2D eigenvalue weighted by molar-refractivity contribution is -0.130. The lowest BCUT2D eigenvalue weighted by atomic mass is 10.0. The maximum Gasteiger partial charge on any atom is 0.270 e. The highest BCUT2D eigenvalue weighted by molar-refractivity contribution is 5.96. The molecule has 0 bridgehead atoms. The summed E-state index contributed by atoms with van der Waals surface area (Å²) in [6.45, 7) is 7.19. The first kappa shape index (κ1) is 20.3. The summed E-state index contributed by atoms with van der Waals surface area (Å²) in [7, 11) is 0. The van der Waals surface area contributed by atoms with Gasteiger partial charge in [-0.1, -0.05) is 44.2 Å². The minimum Gasteiger partial charge on any atom is -0.350 e. The van der Waals surface area contributed by atoms with Crippen LogP contribution in [-0.2, 0) is 24.1 Å². The molecule has 7 nitrogen and oxygen atoms in total. The van der Waals surface area contributed by atoms with Crippen molar-refractivity contribution in [2.45, 2.75) is 33.1 Å². The van der Waals surface area contributed by atoms with Crippen molar-refractivity contribution in [2.75, 3.05) is 37.6 Å². The van der Waals surface area contributed by atoms with Gasteiger partial charge >= 0.3 is 0 Å². The second-order valence-electron chi connectivity index (χ2n) is 8.43. The third-order valence-corrected chi connectivity index (χ3v) is 5.63. The molecule has 2 aromatic rings. The molecule has 1 N–H and O–H groups in total. The predicted molar refractivity (Wildman–Crippen MR) is 116 cm³/mol. The van der Waals surface area contributed by atoms with Crippen LogP contribution in [0.15, 0.2) is 30.3 Å². The predicted octanol–water partition coefficient (Wildman–Crippen LogP) is 1.85. The average molecular weight is 408 g/mol. The maximum absolute atomic E-state index is 12.9. The van der Waals surface area contributed by atoms with Gasteiger partial charge in [-0.15, -0.1) is 0 Å². The Bertz CT molecular complexity index is 929. The van der Waals surface area contributed by atoms with E-state index in [2.05, 4.69) is 36.3 Å². The van der Waals surface area contributed by atoms with Crippen LogP contribution < -0.4 is 10.2 Å². The number of hydrogen-bond donors (Lipinski definition) is 1. The summed E-state index contributed by atoms with van der Waals surface area (Å²) < 4.78 is 0. The van der Waals surface area contributed by atoms with Gasteiger partial charge < -0.3 is 15.1 Å². The van der Waals surface area contributed by atoms with Gasteiger partial charge in [-0.2, -0.15) is 0 Å². The molecule has 2 aliphatic rings.